The number of carbonyl (C=O) groups excluding carboxylic acids is 3. The zero-order valence-corrected chi connectivity index (χ0v) is 17.2. The molecule has 3 N–H and O–H groups in total. The summed E-state index contributed by atoms with van der Waals surface area (Å²) in [4.78, 5) is 40.7. The maximum atomic E-state index is 12.3. The van der Waals surface area contributed by atoms with Gasteiger partial charge in [0.1, 0.15) is 0 Å². The third-order valence-corrected chi connectivity index (χ3v) is 4.96. The third kappa shape index (κ3) is 4.84. The van der Waals surface area contributed by atoms with Crippen LogP contribution in [0.4, 0.5) is 0 Å². The number of hydrazine groups is 1. The number of rotatable bonds is 7. The van der Waals surface area contributed by atoms with E-state index in [0.29, 0.717) is 34.7 Å². The Morgan fingerprint density at radius 2 is 1.93 bits per heavy atom. The lowest BCUT2D eigenvalue weighted by molar-refractivity contribution is -0.120. The van der Waals surface area contributed by atoms with Gasteiger partial charge in [-0.05, 0) is 37.3 Å². The number of nitrogens with zero attached hydrogens (tertiary/aromatic N) is 1. The van der Waals surface area contributed by atoms with Crippen molar-refractivity contribution in [2.24, 2.45) is 0 Å². The molecule has 0 saturated carbocycles. The summed E-state index contributed by atoms with van der Waals surface area (Å²) in [5, 5.41) is 4.15. The van der Waals surface area contributed by atoms with Crippen LogP contribution in [0.1, 0.15) is 27.6 Å². The van der Waals surface area contributed by atoms with Crippen molar-refractivity contribution < 1.29 is 23.9 Å². The van der Waals surface area contributed by atoms with Crippen molar-refractivity contribution in [3.8, 4) is 11.5 Å². The average Bonchev–Trinajstić information content (AvgIpc) is 3.20. The van der Waals surface area contributed by atoms with Crippen molar-refractivity contribution in [3.05, 3.63) is 53.0 Å². The van der Waals surface area contributed by atoms with Gasteiger partial charge in [0.2, 0.25) is 0 Å². The molecule has 9 nitrogen and oxygen atoms in total. The molecule has 0 saturated heterocycles. The van der Waals surface area contributed by atoms with Gasteiger partial charge in [-0.3, -0.25) is 30.2 Å². The van der Waals surface area contributed by atoms with Gasteiger partial charge in [0.25, 0.3) is 17.7 Å². The number of ether oxygens (including phenoxy) is 2. The number of fused-ring (bicyclic) bond motifs is 1. The lowest BCUT2D eigenvalue weighted by Gasteiger charge is -2.11. The van der Waals surface area contributed by atoms with Crippen LogP contribution in [0.2, 0.25) is 0 Å². The Morgan fingerprint density at radius 3 is 2.70 bits per heavy atom. The minimum absolute atomic E-state index is 0.308. The fraction of sp³-hybridized carbons (Fsp3) is 0.200. The van der Waals surface area contributed by atoms with Crippen LogP contribution in [0.5, 0.6) is 11.5 Å². The van der Waals surface area contributed by atoms with E-state index >= 15 is 0 Å². The first-order chi connectivity index (χ1) is 14.5. The molecule has 3 rings (SSSR count). The minimum atomic E-state index is -0.581. The molecule has 0 aliphatic carbocycles. The highest BCUT2D eigenvalue weighted by Crippen LogP contribution is 2.28. The predicted octanol–water partition coefficient (Wildman–Crippen LogP) is 1.89. The van der Waals surface area contributed by atoms with E-state index in [1.165, 1.54) is 24.5 Å². The van der Waals surface area contributed by atoms with Crippen LogP contribution in [0, 0.1) is 0 Å². The largest absolute Gasteiger partial charge is 0.493 e. The number of nitrogens with one attached hydrogen (secondary N) is 3. The lowest BCUT2D eigenvalue weighted by atomic mass is 10.2. The van der Waals surface area contributed by atoms with Crippen LogP contribution < -0.4 is 25.6 Å². The molecular weight excluding hydrogens is 408 g/mol. The standard InChI is InChI=1S/C20H20N4O5S/c1-3-29-14-7-6-12(9-15(14)28-2)19(26)22-10-17(25)23-24-20(27)13-11-30-16-5-4-8-21-18(13)16/h4-9,11H,3,10H2,1-2H3,(H,22,26)(H,23,25)(H,24,27). The first-order valence-electron chi connectivity index (χ1n) is 9.04. The normalized spacial score (nSPS) is 10.3. The van der Waals surface area contributed by atoms with Gasteiger partial charge in [-0.1, -0.05) is 0 Å². The SMILES string of the molecule is CCOc1ccc(C(=O)NCC(=O)NNC(=O)c2csc3cccnc23)cc1OC. The molecule has 2 heterocycles. The van der Waals surface area contributed by atoms with Crippen LogP contribution in [-0.4, -0.2) is 43.0 Å². The number of methoxy groups -OCH3 is 1. The van der Waals surface area contributed by atoms with E-state index in [4.69, 9.17) is 9.47 Å². The van der Waals surface area contributed by atoms with Crippen LogP contribution in [0.15, 0.2) is 41.9 Å². The van der Waals surface area contributed by atoms with E-state index < -0.39 is 17.7 Å². The maximum absolute atomic E-state index is 12.3. The molecule has 0 bridgehead atoms. The minimum Gasteiger partial charge on any atom is -0.493 e. The molecule has 0 spiro atoms. The van der Waals surface area contributed by atoms with Crippen molar-refractivity contribution in [1.29, 1.82) is 0 Å². The van der Waals surface area contributed by atoms with Gasteiger partial charge >= 0.3 is 0 Å². The molecule has 0 atom stereocenters. The zero-order chi connectivity index (χ0) is 21.5. The van der Waals surface area contributed by atoms with Gasteiger partial charge in [-0.2, -0.15) is 0 Å². The predicted molar refractivity (Wildman–Crippen MR) is 112 cm³/mol. The fourth-order valence-corrected chi connectivity index (χ4v) is 3.51. The summed E-state index contributed by atoms with van der Waals surface area (Å²) in [6.45, 7) is 1.98. The zero-order valence-electron chi connectivity index (χ0n) is 16.4. The molecule has 0 unspecified atom stereocenters. The van der Waals surface area contributed by atoms with Crippen molar-refractivity contribution in [2.75, 3.05) is 20.3 Å². The monoisotopic (exact) mass is 428 g/mol. The second kappa shape index (κ2) is 9.70. The molecule has 1 aromatic carbocycles. The number of amides is 3. The number of aromatic nitrogens is 1. The van der Waals surface area contributed by atoms with E-state index in [1.54, 1.807) is 29.8 Å². The summed E-state index contributed by atoms with van der Waals surface area (Å²) in [5.74, 6) is -0.603. The summed E-state index contributed by atoms with van der Waals surface area (Å²) >= 11 is 1.38. The molecule has 0 aliphatic heterocycles. The molecule has 156 valence electrons. The van der Waals surface area contributed by atoms with Crippen LogP contribution in [0.25, 0.3) is 10.2 Å². The Hall–Kier alpha value is -3.66. The summed E-state index contributed by atoms with van der Waals surface area (Å²) in [7, 11) is 1.47. The highest BCUT2D eigenvalue weighted by Gasteiger charge is 2.15. The van der Waals surface area contributed by atoms with Crippen LogP contribution >= 0.6 is 11.3 Å². The van der Waals surface area contributed by atoms with E-state index in [2.05, 4.69) is 21.2 Å². The average molecular weight is 428 g/mol. The number of hydrogen-bond donors (Lipinski definition) is 3. The molecule has 3 aromatic rings. The fourth-order valence-electron chi connectivity index (χ4n) is 2.61. The van der Waals surface area contributed by atoms with E-state index in [-0.39, 0.29) is 6.54 Å². The van der Waals surface area contributed by atoms with Gasteiger partial charge in [0, 0.05) is 17.1 Å². The van der Waals surface area contributed by atoms with Crippen LogP contribution in [-0.2, 0) is 4.79 Å². The van der Waals surface area contributed by atoms with E-state index in [0.717, 1.165) is 4.70 Å². The van der Waals surface area contributed by atoms with E-state index in [1.807, 2.05) is 13.0 Å². The lowest BCUT2D eigenvalue weighted by Crippen LogP contribution is -2.46. The highest BCUT2D eigenvalue weighted by molar-refractivity contribution is 7.17. The first kappa shape index (κ1) is 21.1. The van der Waals surface area contributed by atoms with Crippen molar-refractivity contribution in [1.82, 2.24) is 21.2 Å². The molecule has 2 aromatic heterocycles. The number of benzene rings is 1. The van der Waals surface area contributed by atoms with Gasteiger partial charge in [0.05, 0.1) is 36.0 Å². The molecule has 0 radical (unpaired) electrons. The van der Waals surface area contributed by atoms with Gasteiger partial charge in [0.15, 0.2) is 11.5 Å². The number of pyridine rings is 1. The topological polar surface area (TPSA) is 119 Å². The number of carbonyl (C=O) groups is 3. The second-order valence-corrected chi connectivity index (χ2v) is 6.89. The molecular formula is C20H20N4O5S. The van der Waals surface area contributed by atoms with Gasteiger partial charge < -0.3 is 14.8 Å². The second-order valence-electron chi connectivity index (χ2n) is 5.98. The maximum Gasteiger partial charge on any atom is 0.272 e. The summed E-state index contributed by atoms with van der Waals surface area (Å²) in [5.41, 5.74) is 5.82. The molecule has 3 amide bonds. The molecule has 0 aliphatic rings. The Kier molecular flexibility index (Phi) is 6.81. The Morgan fingerprint density at radius 1 is 1.10 bits per heavy atom. The summed E-state index contributed by atoms with van der Waals surface area (Å²) < 4.78 is 11.5. The van der Waals surface area contributed by atoms with Crippen molar-refractivity contribution in [2.45, 2.75) is 6.92 Å². The third-order valence-electron chi connectivity index (χ3n) is 4.02. The molecule has 30 heavy (non-hydrogen) atoms. The summed E-state index contributed by atoms with van der Waals surface area (Å²) in [6.07, 6.45) is 1.59. The number of thiophene rings is 1. The smallest absolute Gasteiger partial charge is 0.272 e. The quantitative estimate of drug-likeness (QED) is 0.495. The summed E-state index contributed by atoms with van der Waals surface area (Å²) in [6, 6.07) is 8.35. The first-order valence-corrected chi connectivity index (χ1v) is 9.92. The van der Waals surface area contributed by atoms with Crippen LogP contribution in [0.3, 0.4) is 0 Å². The Balaban J connectivity index is 1.52. The molecule has 0 fully saturated rings. The van der Waals surface area contributed by atoms with Crippen molar-refractivity contribution >= 4 is 39.3 Å². The molecule has 10 heteroatoms. The van der Waals surface area contributed by atoms with Gasteiger partial charge in [-0.25, -0.2) is 0 Å². The Labute approximate surface area is 176 Å². The van der Waals surface area contributed by atoms with Gasteiger partial charge in [-0.15, -0.1) is 11.3 Å². The Bertz CT molecular complexity index is 1080. The van der Waals surface area contributed by atoms with Crippen molar-refractivity contribution in [3.63, 3.8) is 0 Å². The number of hydrogen-bond acceptors (Lipinski definition) is 7. The highest BCUT2D eigenvalue weighted by atomic mass is 32.1. The van der Waals surface area contributed by atoms with E-state index in [9.17, 15) is 14.4 Å².